The van der Waals surface area contributed by atoms with Crippen LogP contribution < -0.4 is 11.1 Å². The predicted molar refractivity (Wildman–Crippen MR) is 80.3 cm³/mol. The summed E-state index contributed by atoms with van der Waals surface area (Å²) in [4.78, 5) is 12.5. The number of benzene rings is 2. The van der Waals surface area contributed by atoms with Crippen LogP contribution in [0.1, 0.15) is 11.6 Å². The number of halogens is 2. The first kappa shape index (κ1) is 15.5. The molecule has 2 aromatic carbocycles. The van der Waals surface area contributed by atoms with Gasteiger partial charge < -0.3 is 11.1 Å². The lowest BCUT2D eigenvalue weighted by Gasteiger charge is -2.12. The third kappa shape index (κ3) is 4.54. The summed E-state index contributed by atoms with van der Waals surface area (Å²) >= 11 is 0.458. The van der Waals surface area contributed by atoms with Crippen LogP contribution in [0.25, 0.3) is 0 Å². The summed E-state index contributed by atoms with van der Waals surface area (Å²) in [5.74, 6) is -2.81. The number of carbonyl (C=O) groups excluding carboxylic acids is 1. The molecule has 2 aromatic rings. The van der Waals surface area contributed by atoms with Crippen LogP contribution >= 0.6 is 11.8 Å². The summed E-state index contributed by atoms with van der Waals surface area (Å²) in [6.07, 6.45) is 0. The second kappa shape index (κ2) is 7.19. The van der Waals surface area contributed by atoms with Crippen LogP contribution in [0, 0.1) is 0 Å². The first-order valence-corrected chi connectivity index (χ1v) is 7.10. The van der Waals surface area contributed by atoms with Gasteiger partial charge in [-0.25, -0.2) is 0 Å². The second-order valence-electron chi connectivity index (χ2n) is 4.28. The van der Waals surface area contributed by atoms with Crippen LogP contribution in [0.2, 0.25) is 0 Å². The molecule has 2 rings (SSSR count). The maximum absolute atomic E-state index is 12.2. The molecule has 3 nitrogen and oxygen atoms in total. The van der Waals surface area contributed by atoms with Gasteiger partial charge in [-0.1, -0.05) is 42.1 Å². The van der Waals surface area contributed by atoms with E-state index in [1.807, 2.05) is 6.07 Å². The highest BCUT2D eigenvalue weighted by Gasteiger charge is 2.15. The SMILES string of the molecule is NC(C(=O)Nc1ccc(SC(F)F)cc1)c1ccccc1. The summed E-state index contributed by atoms with van der Waals surface area (Å²) in [5.41, 5.74) is 7.09. The highest BCUT2D eigenvalue weighted by Crippen LogP contribution is 2.26. The molecule has 0 saturated carbocycles. The Morgan fingerprint density at radius 1 is 1.05 bits per heavy atom. The largest absolute Gasteiger partial charge is 0.324 e. The van der Waals surface area contributed by atoms with Crippen LogP contribution in [-0.2, 0) is 4.79 Å². The Balaban J connectivity index is 1.99. The molecule has 110 valence electrons. The van der Waals surface area contributed by atoms with Gasteiger partial charge in [0, 0.05) is 10.6 Å². The number of alkyl halides is 2. The molecule has 0 fully saturated rings. The lowest BCUT2D eigenvalue weighted by atomic mass is 10.1. The van der Waals surface area contributed by atoms with Crippen molar-refractivity contribution in [3.05, 3.63) is 60.2 Å². The van der Waals surface area contributed by atoms with E-state index in [4.69, 9.17) is 5.73 Å². The van der Waals surface area contributed by atoms with Gasteiger partial charge in [0.1, 0.15) is 6.04 Å². The van der Waals surface area contributed by atoms with E-state index < -0.39 is 11.8 Å². The number of thioether (sulfide) groups is 1. The van der Waals surface area contributed by atoms with E-state index in [-0.39, 0.29) is 5.91 Å². The van der Waals surface area contributed by atoms with E-state index in [1.54, 1.807) is 36.4 Å². The average Bonchev–Trinajstić information content (AvgIpc) is 2.49. The topological polar surface area (TPSA) is 55.1 Å². The maximum Gasteiger partial charge on any atom is 0.288 e. The van der Waals surface area contributed by atoms with Gasteiger partial charge in [0.2, 0.25) is 5.91 Å². The number of nitrogens with one attached hydrogen (secondary N) is 1. The van der Waals surface area contributed by atoms with Crippen molar-refractivity contribution in [1.29, 1.82) is 0 Å². The minimum Gasteiger partial charge on any atom is -0.324 e. The van der Waals surface area contributed by atoms with Gasteiger partial charge in [0.05, 0.1) is 0 Å². The van der Waals surface area contributed by atoms with Crippen molar-refractivity contribution >= 4 is 23.4 Å². The first-order chi connectivity index (χ1) is 10.1. The number of anilines is 1. The van der Waals surface area contributed by atoms with Crippen molar-refractivity contribution in [3.8, 4) is 0 Å². The third-order valence-electron chi connectivity index (χ3n) is 2.79. The molecule has 0 radical (unpaired) electrons. The summed E-state index contributed by atoms with van der Waals surface area (Å²) in [6.45, 7) is 0. The zero-order valence-electron chi connectivity index (χ0n) is 11.0. The van der Waals surface area contributed by atoms with E-state index in [9.17, 15) is 13.6 Å². The van der Waals surface area contributed by atoms with E-state index >= 15 is 0 Å². The van der Waals surface area contributed by atoms with Gasteiger partial charge >= 0.3 is 0 Å². The van der Waals surface area contributed by atoms with Crippen molar-refractivity contribution in [2.45, 2.75) is 16.7 Å². The van der Waals surface area contributed by atoms with Crippen LogP contribution in [0.5, 0.6) is 0 Å². The lowest BCUT2D eigenvalue weighted by Crippen LogP contribution is -2.27. The van der Waals surface area contributed by atoms with E-state index in [0.29, 0.717) is 27.9 Å². The normalized spacial score (nSPS) is 12.2. The summed E-state index contributed by atoms with van der Waals surface area (Å²) in [6, 6.07) is 14.4. The Kier molecular flexibility index (Phi) is 5.30. The van der Waals surface area contributed by atoms with Crippen molar-refractivity contribution in [2.75, 3.05) is 5.32 Å². The standard InChI is InChI=1S/C15H14F2N2OS/c16-15(17)21-12-8-6-11(7-9-12)19-14(20)13(18)10-4-2-1-3-5-10/h1-9,13,15H,18H2,(H,19,20). The third-order valence-corrected chi connectivity index (χ3v) is 3.51. The number of amides is 1. The Morgan fingerprint density at radius 2 is 1.67 bits per heavy atom. The molecule has 0 heterocycles. The smallest absolute Gasteiger partial charge is 0.288 e. The maximum atomic E-state index is 12.2. The first-order valence-electron chi connectivity index (χ1n) is 6.22. The van der Waals surface area contributed by atoms with Crippen LogP contribution in [0.3, 0.4) is 0 Å². The molecule has 0 aromatic heterocycles. The molecule has 3 N–H and O–H groups in total. The van der Waals surface area contributed by atoms with Crippen LogP contribution in [0.4, 0.5) is 14.5 Å². The van der Waals surface area contributed by atoms with Crippen molar-refractivity contribution in [3.63, 3.8) is 0 Å². The number of carbonyl (C=O) groups is 1. The molecule has 0 saturated heterocycles. The van der Waals surface area contributed by atoms with Crippen molar-refractivity contribution in [2.24, 2.45) is 5.73 Å². The van der Waals surface area contributed by atoms with Gasteiger partial charge in [-0.15, -0.1) is 0 Å². The molecule has 0 bridgehead atoms. The highest BCUT2D eigenvalue weighted by molar-refractivity contribution is 7.99. The Bertz CT molecular complexity index is 590. The van der Waals surface area contributed by atoms with Crippen molar-refractivity contribution < 1.29 is 13.6 Å². The van der Waals surface area contributed by atoms with Crippen LogP contribution in [0.15, 0.2) is 59.5 Å². The zero-order valence-corrected chi connectivity index (χ0v) is 11.8. The van der Waals surface area contributed by atoms with Gasteiger partial charge in [-0.3, -0.25) is 4.79 Å². The highest BCUT2D eigenvalue weighted by atomic mass is 32.2. The minimum atomic E-state index is -2.46. The number of hydrogen-bond donors (Lipinski definition) is 2. The number of hydrogen-bond acceptors (Lipinski definition) is 3. The van der Waals surface area contributed by atoms with Gasteiger partial charge in [0.15, 0.2) is 0 Å². The molecule has 1 amide bonds. The Labute approximate surface area is 125 Å². The Morgan fingerprint density at radius 3 is 2.24 bits per heavy atom. The van der Waals surface area contributed by atoms with Crippen molar-refractivity contribution in [1.82, 2.24) is 0 Å². The van der Waals surface area contributed by atoms with E-state index in [1.165, 1.54) is 12.1 Å². The molecule has 21 heavy (non-hydrogen) atoms. The molecule has 6 heteroatoms. The fourth-order valence-electron chi connectivity index (χ4n) is 1.75. The molecule has 0 aliphatic carbocycles. The molecule has 0 spiro atoms. The second-order valence-corrected chi connectivity index (χ2v) is 5.34. The summed E-state index contributed by atoms with van der Waals surface area (Å²) < 4.78 is 24.4. The number of rotatable bonds is 5. The number of nitrogens with two attached hydrogens (primary N) is 1. The predicted octanol–water partition coefficient (Wildman–Crippen LogP) is 3.64. The molecule has 1 unspecified atom stereocenters. The zero-order chi connectivity index (χ0) is 15.2. The lowest BCUT2D eigenvalue weighted by molar-refractivity contribution is -0.117. The quantitative estimate of drug-likeness (QED) is 0.829. The molecular formula is C15H14F2N2OS. The fraction of sp³-hybridized carbons (Fsp3) is 0.133. The average molecular weight is 308 g/mol. The van der Waals surface area contributed by atoms with E-state index in [0.717, 1.165) is 0 Å². The van der Waals surface area contributed by atoms with Gasteiger partial charge in [-0.05, 0) is 29.8 Å². The summed E-state index contributed by atoms with van der Waals surface area (Å²) in [7, 11) is 0. The van der Waals surface area contributed by atoms with Gasteiger partial charge in [0.25, 0.3) is 5.76 Å². The van der Waals surface area contributed by atoms with Gasteiger partial charge in [-0.2, -0.15) is 8.78 Å². The molecule has 0 aliphatic rings. The fourth-order valence-corrected chi connectivity index (χ4v) is 2.25. The Hall–Kier alpha value is -1.92. The molecular weight excluding hydrogens is 294 g/mol. The molecule has 1 atom stereocenters. The molecule has 0 aliphatic heterocycles. The minimum absolute atomic E-state index is 0.351. The van der Waals surface area contributed by atoms with Crippen LogP contribution in [-0.4, -0.2) is 11.7 Å². The monoisotopic (exact) mass is 308 g/mol. The summed E-state index contributed by atoms with van der Waals surface area (Å²) in [5, 5.41) is 2.66. The van der Waals surface area contributed by atoms with E-state index in [2.05, 4.69) is 5.32 Å².